The Morgan fingerprint density at radius 2 is 1.54 bits per heavy atom. The Morgan fingerprint density at radius 3 is 2.20 bits per heavy atom. The van der Waals surface area contributed by atoms with Gasteiger partial charge in [-0.2, -0.15) is 0 Å². The van der Waals surface area contributed by atoms with Gasteiger partial charge in [0.05, 0.1) is 5.92 Å². The maximum absolute atomic E-state index is 14.3. The first-order valence-corrected chi connectivity index (χ1v) is 15.8. The molecule has 0 spiro atoms. The number of aryl methyl sites for hydroxylation is 4. The topological polar surface area (TPSA) is 64.1 Å². The first-order valence-electron chi connectivity index (χ1n) is 15.8. The molecule has 0 bridgehead atoms. The predicted molar refractivity (Wildman–Crippen MR) is 162 cm³/mol. The number of rotatable bonds is 6. The van der Waals surface area contributed by atoms with Crippen molar-refractivity contribution in [3.8, 4) is 0 Å². The lowest BCUT2D eigenvalue weighted by molar-refractivity contribution is -0.147. The average molecular weight is 558 g/mol. The molecule has 2 heterocycles. The zero-order valence-electron chi connectivity index (χ0n) is 25.4. The number of piperazine rings is 1. The van der Waals surface area contributed by atoms with Crippen LogP contribution in [0.25, 0.3) is 0 Å². The van der Waals surface area contributed by atoms with Crippen molar-refractivity contribution in [2.45, 2.75) is 96.2 Å². The lowest BCUT2D eigenvalue weighted by atomic mass is 9.86. The van der Waals surface area contributed by atoms with Gasteiger partial charge >= 0.3 is 5.97 Å². The summed E-state index contributed by atoms with van der Waals surface area (Å²) in [6.45, 7) is 12.3. The molecule has 2 saturated heterocycles. The number of likely N-dealkylation sites (tertiary alicyclic amines) is 1. The van der Waals surface area contributed by atoms with Gasteiger partial charge in [-0.05, 0) is 106 Å². The van der Waals surface area contributed by atoms with E-state index in [4.69, 9.17) is 0 Å². The largest absolute Gasteiger partial charge is 0.480 e. The monoisotopic (exact) mass is 557 g/mol. The maximum Gasteiger partial charge on any atom is 0.321 e. The second kappa shape index (κ2) is 11.2. The van der Waals surface area contributed by atoms with Crippen molar-refractivity contribution >= 4 is 11.9 Å². The maximum atomic E-state index is 14.3. The van der Waals surface area contributed by atoms with Gasteiger partial charge in [0, 0.05) is 50.2 Å². The lowest BCUT2D eigenvalue weighted by Crippen LogP contribution is -2.59. The molecule has 2 aliphatic heterocycles. The summed E-state index contributed by atoms with van der Waals surface area (Å²) in [5.41, 5.74) is 8.15. The molecule has 2 aromatic rings. The number of carbonyl (C=O) groups is 2. The van der Waals surface area contributed by atoms with Crippen molar-refractivity contribution in [3.63, 3.8) is 0 Å². The van der Waals surface area contributed by atoms with Gasteiger partial charge < -0.3 is 10.0 Å². The molecule has 220 valence electrons. The average Bonchev–Trinajstić information content (AvgIpc) is 3.69. The fourth-order valence-corrected chi connectivity index (χ4v) is 7.92. The highest BCUT2D eigenvalue weighted by atomic mass is 16.4. The van der Waals surface area contributed by atoms with Gasteiger partial charge in [-0.25, -0.2) is 0 Å². The predicted octanol–water partition coefficient (Wildman–Crippen LogP) is 4.71. The van der Waals surface area contributed by atoms with Crippen LogP contribution in [0.2, 0.25) is 0 Å². The zero-order valence-corrected chi connectivity index (χ0v) is 25.4. The third-order valence-corrected chi connectivity index (χ3v) is 10.4. The van der Waals surface area contributed by atoms with Crippen LogP contribution in [-0.2, 0) is 41.7 Å². The van der Waals surface area contributed by atoms with Crippen LogP contribution in [0.3, 0.4) is 0 Å². The molecule has 1 N–H and O–H groups in total. The minimum absolute atomic E-state index is 0.000583. The van der Waals surface area contributed by atoms with E-state index in [1.54, 1.807) is 0 Å². The third kappa shape index (κ3) is 5.70. The van der Waals surface area contributed by atoms with Gasteiger partial charge in [0.1, 0.15) is 6.04 Å². The Morgan fingerprint density at radius 1 is 0.878 bits per heavy atom. The van der Waals surface area contributed by atoms with Gasteiger partial charge in [-0.1, -0.05) is 36.4 Å². The highest BCUT2D eigenvalue weighted by Gasteiger charge is 2.45. The SMILES string of the molecule is C[C@H]1CN([C@@H](Cc2ccc3c(c2)CCC3)C(=O)O)CCN1C(=O)C1CN(C(C)(C)C)CC1c1ccc2c(c1)CCC2. The molecule has 4 aliphatic rings. The van der Waals surface area contributed by atoms with Crippen LogP contribution in [-0.4, -0.2) is 82.0 Å². The second-order valence-electron chi connectivity index (χ2n) is 14.1. The Bertz CT molecular complexity index is 1310. The first-order chi connectivity index (χ1) is 19.6. The molecular formula is C35H47N3O3. The minimum atomic E-state index is -0.772. The van der Waals surface area contributed by atoms with Gasteiger partial charge in [0.25, 0.3) is 0 Å². The van der Waals surface area contributed by atoms with Gasteiger partial charge in [0.15, 0.2) is 0 Å². The Labute approximate surface area is 245 Å². The molecule has 2 aromatic carbocycles. The summed E-state index contributed by atoms with van der Waals surface area (Å²) in [5, 5.41) is 10.2. The van der Waals surface area contributed by atoms with Crippen molar-refractivity contribution in [3.05, 3.63) is 69.8 Å². The molecule has 4 atom stereocenters. The van der Waals surface area contributed by atoms with Crippen LogP contribution in [0.4, 0.5) is 0 Å². The molecular weight excluding hydrogens is 510 g/mol. The number of fused-ring (bicyclic) bond motifs is 2. The van der Waals surface area contributed by atoms with Crippen molar-refractivity contribution in [2.24, 2.45) is 5.92 Å². The van der Waals surface area contributed by atoms with Crippen LogP contribution in [0.15, 0.2) is 36.4 Å². The van der Waals surface area contributed by atoms with E-state index in [0.29, 0.717) is 26.1 Å². The number of aliphatic carboxylic acids is 1. The molecule has 6 heteroatoms. The lowest BCUT2D eigenvalue weighted by Gasteiger charge is -2.43. The Hall–Kier alpha value is -2.70. The van der Waals surface area contributed by atoms with Gasteiger partial charge in [0.2, 0.25) is 5.91 Å². The van der Waals surface area contributed by atoms with Crippen molar-refractivity contribution in [1.82, 2.24) is 14.7 Å². The van der Waals surface area contributed by atoms with Crippen molar-refractivity contribution < 1.29 is 14.7 Å². The van der Waals surface area contributed by atoms with E-state index in [2.05, 4.69) is 78.8 Å². The van der Waals surface area contributed by atoms with Crippen LogP contribution in [0.5, 0.6) is 0 Å². The minimum Gasteiger partial charge on any atom is -0.480 e. The normalized spacial score (nSPS) is 25.8. The third-order valence-electron chi connectivity index (χ3n) is 10.4. The fraction of sp³-hybridized carbons (Fsp3) is 0.600. The van der Waals surface area contributed by atoms with Crippen LogP contribution in [0.1, 0.15) is 79.8 Å². The van der Waals surface area contributed by atoms with Gasteiger partial charge in [-0.15, -0.1) is 0 Å². The summed E-state index contributed by atoms with van der Waals surface area (Å²) in [4.78, 5) is 33.4. The molecule has 1 amide bonds. The van der Waals surface area contributed by atoms with E-state index in [1.165, 1.54) is 47.1 Å². The molecule has 6 nitrogen and oxygen atoms in total. The van der Waals surface area contributed by atoms with E-state index < -0.39 is 12.0 Å². The zero-order chi connectivity index (χ0) is 28.9. The number of nitrogens with zero attached hydrogens (tertiary/aromatic N) is 3. The standard InChI is InChI=1S/C35H47N3O3/c1-23-20-36(32(34(40)41)18-24-11-12-25-7-5-9-27(25)17-24)15-16-38(23)33(39)31-22-37(35(2,3)4)21-30(31)29-14-13-26-8-6-10-28(26)19-29/h11-14,17,19,23,30-32H,5-10,15-16,18,20-22H2,1-4H3,(H,40,41)/t23-,30?,31?,32-/m0/s1. The van der Waals surface area contributed by atoms with Crippen LogP contribution < -0.4 is 0 Å². The fourth-order valence-electron chi connectivity index (χ4n) is 7.92. The van der Waals surface area contributed by atoms with Gasteiger partial charge in [-0.3, -0.25) is 19.4 Å². The highest BCUT2D eigenvalue weighted by molar-refractivity contribution is 5.81. The van der Waals surface area contributed by atoms with E-state index in [0.717, 1.165) is 37.9 Å². The number of carboxylic acid groups (broad SMARTS) is 1. The summed E-state index contributed by atoms with van der Waals surface area (Å²) in [5.74, 6) is -0.431. The molecule has 0 radical (unpaired) electrons. The molecule has 41 heavy (non-hydrogen) atoms. The van der Waals surface area contributed by atoms with E-state index in [9.17, 15) is 14.7 Å². The number of benzene rings is 2. The quantitative estimate of drug-likeness (QED) is 0.558. The van der Waals surface area contributed by atoms with Crippen molar-refractivity contribution in [2.75, 3.05) is 32.7 Å². The number of carbonyl (C=O) groups excluding carboxylic acids is 1. The second-order valence-corrected chi connectivity index (χ2v) is 14.1. The molecule has 0 aromatic heterocycles. The number of hydrogen-bond donors (Lipinski definition) is 1. The summed E-state index contributed by atoms with van der Waals surface area (Å²) in [7, 11) is 0. The molecule has 2 fully saturated rings. The number of carboxylic acids is 1. The smallest absolute Gasteiger partial charge is 0.321 e. The Balaban J connectivity index is 1.17. The van der Waals surface area contributed by atoms with E-state index in [-0.39, 0.29) is 29.3 Å². The summed E-state index contributed by atoms with van der Waals surface area (Å²) in [6, 6.07) is 12.9. The van der Waals surface area contributed by atoms with Crippen LogP contribution >= 0.6 is 0 Å². The molecule has 2 aliphatic carbocycles. The van der Waals surface area contributed by atoms with E-state index in [1.807, 2.05) is 0 Å². The number of amides is 1. The molecule has 2 unspecified atom stereocenters. The highest BCUT2D eigenvalue weighted by Crippen LogP contribution is 2.39. The summed E-state index contributed by atoms with van der Waals surface area (Å²) in [6.07, 6.45) is 7.47. The summed E-state index contributed by atoms with van der Waals surface area (Å²) >= 11 is 0. The van der Waals surface area contributed by atoms with Crippen LogP contribution in [0, 0.1) is 5.92 Å². The van der Waals surface area contributed by atoms with E-state index >= 15 is 0 Å². The Kier molecular flexibility index (Phi) is 7.75. The van der Waals surface area contributed by atoms with Crippen molar-refractivity contribution in [1.29, 1.82) is 0 Å². The summed E-state index contributed by atoms with van der Waals surface area (Å²) < 4.78 is 0. The molecule has 6 rings (SSSR count). The number of hydrogen-bond acceptors (Lipinski definition) is 4. The first kappa shape index (κ1) is 28.4. The molecule has 0 saturated carbocycles.